The summed E-state index contributed by atoms with van der Waals surface area (Å²) in [6, 6.07) is 0. The summed E-state index contributed by atoms with van der Waals surface area (Å²) in [6.45, 7) is 9.85. The molecule has 0 saturated carbocycles. The minimum absolute atomic E-state index is 0.0115. The van der Waals surface area contributed by atoms with Crippen LogP contribution in [0, 0.1) is 33.6 Å². The van der Waals surface area contributed by atoms with Gasteiger partial charge in [0.2, 0.25) is 11.8 Å². The van der Waals surface area contributed by atoms with E-state index >= 15 is 0 Å². The second-order valence-electron chi connectivity index (χ2n) is 8.03. The summed E-state index contributed by atoms with van der Waals surface area (Å²) in [7, 11) is 0. The fourth-order valence-electron chi connectivity index (χ4n) is 3.78. The molecule has 1 aliphatic rings. The van der Waals surface area contributed by atoms with Gasteiger partial charge in [0.1, 0.15) is 5.76 Å². The highest BCUT2D eigenvalue weighted by Crippen LogP contribution is 2.19. The topological polar surface area (TPSA) is 104 Å². The molecule has 2 amide bonds. The molecule has 0 bridgehead atoms. The van der Waals surface area contributed by atoms with Gasteiger partial charge in [0.25, 0.3) is 0 Å². The van der Waals surface area contributed by atoms with E-state index in [-0.39, 0.29) is 11.8 Å². The first-order valence-electron chi connectivity index (χ1n) is 10.3. The van der Waals surface area contributed by atoms with Gasteiger partial charge in [-0.05, 0) is 52.0 Å². The molecule has 158 valence electrons. The van der Waals surface area contributed by atoms with Crippen LogP contribution < -0.4 is 5.32 Å². The monoisotopic (exact) mass is 401 g/mol. The van der Waals surface area contributed by atoms with Crippen molar-refractivity contribution in [2.24, 2.45) is 5.92 Å². The Morgan fingerprint density at radius 1 is 1.21 bits per heavy atom. The summed E-state index contributed by atoms with van der Waals surface area (Å²) < 4.78 is 5.11. The Balaban J connectivity index is 1.37. The van der Waals surface area contributed by atoms with Crippen molar-refractivity contribution in [3.63, 3.8) is 0 Å². The van der Waals surface area contributed by atoms with Crippen LogP contribution in [0.1, 0.15) is 53.2 Å². The van der Waals surface area contributed by atoms with Crippen LogP contribution in [0.2, 0.25) is 0 Å². The van der Waals surface area contributed by atoms with Gasteiger partial charge in [-0.3, -0.25) is 14.7 Å². The van der Waals surface area contributed by atoms with E-state index < -0.39 is 0 Å². The highest BCUT2D eigenvalue weighted by molar-refractivity contribution is 5.79. The molecule has 0 spiro atoms. The number of aryl methyl sites for hydroxylation is 4. The van der Waals surface area contributed by atoms with Gasteiger partial charge in [-0.25, -0.2) is 0 Å². The predicted molar refractivity (Wildman–Crippen MR) is 108 cm³/mol. The lowest BCUT2D eigenvalue weighted by Crippen LogP contribution is -2.41. The van der Waals surface area contributed by atoms with Crippen molar-refractivity contribution in [1.29, 1.82) is 0 Å². The standard InChI is InChI=1S/C21H31N5O3/c1-13-14(2)23-24-19(13)5-6-21(28)26-9-7-17(8-10-26)12-22-20(27)11-18-15(3)25-29-16(18)4/h17H,5-12H2,1-4H3,(H,22,27)(H,23,24). The quantitative estimate of drug-likeness (QED) is 0.740. The van der Waals surface area contributed by atoms with E-state index in [9.17, 15) is 9.59 Å². The first-order valence-corrected chi connectivity index (χ1v) is 10.3. The number of H-pyrrole nitrogens is 1. The van der Waals surface area contributed by atoms with Gasteiger partial charge in [-0.2, -0.15) is 5.10 Å². The van der Waals surface area contributed by atoms with Gasteiger partial charge in [-0.15, -0.1) is 0 Å². The molecule has 1 aliphatic heterocycles. The fraction of sp³-hybridized carbons (Fsp3) is 0.619. The Hall–Kier alpha value is -2.64. The maximum Gasteiger partial charge on any atom is 0.224 e. The van der Waals surface area contributed by atoms with Gasteiger partial charge in [-0.1, -0.05) is 5.16 Å². The molecule has 2 aromatic heterocycles. The number of carbonyl (C=O) groups excluding carboxylic acids is 2. The van der Waals surface area contributed by atoms with Crippen molar-refractivity contribution < 1.29 is 14.1 Å². The van der Waals surface area contributed by atoms with E-state index in [1.165, 1.54) is 0 Å². The average Bonchev–Trinajstić information content (AvgIpc) is 3.21. The molecule has 3 rings (SSSR count). The van der Waals surface area contributed by atoms with Gasteiger partial charge < -0.3 is 14.7 Å². The summed E-state index contributed by atoms with van der Waals surface area (Å²) >= 11 is 0. The van der Waals surface area contributed by atoms with Gasteiger partial charge in [0.05, 0.1) is 17.8 Å². The van der Waals surface area contributed by atoms with Crippen molar-refractivity contribution in [2.75, 3.05) is 19.6 Å². The van der Waals surface area contributed by atoms with Crippen LogP contribution in [-0.4, -0.2) is 51.7 Å². The molecule has 1 fully saturated rings. The normalized spacial score (nSPS) is 15.0. The summed E-state index contributed by atoms with van der Waals surface area (Å²) in [5, 5.41) is 14.2. The number of amides is 2. The third-order valence-corrected chi connectivity index (χ3v) is 6.00. The maximum absolute atomic E-state index is 12.5. The minimum Gasteiger partial charge on any atom is -0.361 e. The second kappa shape index (κ2) is 9.24. The van der Waals surface area contributed by atoms with E-state index in [4.69, 9.17) is 4.52 Å². The van der Waals surface area contributed by atoms with Crippen molar-refractivity contribution in [2.45, 2.75) is 59.8 Å². The average molecular weight is 402 g/mol. The smallest absolute Gasteiger partial charge is 0.224 e. The van der Waals surface area contributed by atoms with Crippen LogP contribution in [0.4, 0.5) is 0 Å². The highest BCUT2D eigenvalue weighted by atomic mass is 16.5. The van der Waals surface area contributed by atoms with Gasteiger partial charge in [0.15, 0.2) is 0 Å². The molecule has 3 heterocycles. The van der Waals surface area contributed by atoms with Crippen LogP contribution in [0.5, 0.6) is 0 Å². The lowest BCUT2D eigenvalue weighted by atomic mass is 9.96. The molecule has 1 saturated heterocycles. The molecule has 8 nitrogen and oxygen atoms in total. The van der Waals surface area contributed by atoms with Crippen LogP contribution in [0.3, 0.4) is 0 Å². The van der Waals surface area contributed by atoms with E-state index in [1.54, 1.807) is 0 Å². The van der Waals surface area contributed by atoms with E-state index in [0.717, 1.165) is 54.1 Å². The Bertz CT molecular complexity index is 842. The van der Waals surface area contributed by atoms with Gasteiger partial charge in [0, 0.05) is 43.7 Å². The molecule has 0 aromatic carbocycles. The number of hydrogen-bond donors (Lipinski definition) is 2. The number of likely N-dealkylation sites (tertiary alicyclic amines) is 1. The number of carbonyl (C=O) groups is 2. The Kier molecular flexibility index (Phi) is 6.71. The van der Waals surface area contributed by atoms with Crippen LogP contribution in [-0.2, 0) is 22.4 Å². The zero-order valence-electron chi connectivity index (χ0n) is 17.8. The third-order valence-electron chi connectivity index (χ3n) is 6.00. The zero-order chi connectivity index (χ0) is 21.0. The van der Waals surface area contributed by atoms with Crippen molar-refractivity contribution in [1.82, 2.24) is 25.6 Å². The lowest BCUT2D eigenvalue weighted by Gasteiger charge is -2.32. The Labute approximate surface area is 171 Å². The van der Waals surface area contributed by atoms with Crippen molar-refractivity contribution in [3.05, 3.63) is 34.0 Å². The van der Waals surface area contributed by atoms with E-state index in [2.05, 4.69) is 20.7 Å². The molecular formula is C21H31N5O3. The van der Waals surface area contributed by atoms with Crippen molar-refractivity contribution >= 4 is 11.8 Å². The summed E-state index contributed by atoms with van der Waals surface area (Å²) in [6.07, 6.45) is 3.29. The molecule has 0 aliphatic carbocycles. The van der Waals surface area contributed by atoms with E-state index in [1.807, 2.05) is 32.6 Å². The number of piperidine rings is 1. The van der Waals surface area contributed by atoms with Crippen LogP contribution in [0.15, 0.2) is 4.52 Å². The molecular weight excluding hydrogens is 370 g/mol. The Morgan fingerprint density at radius 3 is 2.52 bits per heavy atom. The SMILES string of the molecule is Cc1noc(C)c1CC(=O)NCC1CCN(C(=O)CCc2n[nH]c(C)c2C)CC1. The minimum atomic E-state index is -0.0115. The number of nitrogens with one attached hydrogen (secondary N) is 2. The number of nitrogens with zero attached hydrogens (tertiary/aromatic N) is 3. The number of hydrogen-bond acceptors (Lipinski definition) is 5. The van der Waals surface area contributed by atoms with Crippen LogP contribution >= 0.6 is 0 Å². The first-order chi connectivity index (χ1) is 13.8. The Morgan fingerprint density at radius 2 is 1.93 bits per heavy atom. The molecule has 8 heteroatoms. The van der Waals surface area contributed by atoms with Gasteiger partial charge >= 0.3 is 0 Å². The lowest BCUT2D eigenvalue weighted by molar-refractivity contribution is -0.132. The van der Waals surface area contributed by atoms with E-state index in [0.29, 0.717) is 37.5 Å². The largest absolute Gasteiger partial charge is 0.361 e. The van der Waals surface area contributed by atoms with Crippen molar-refractivity contribution in [3.8, 4) is 0 Å². The molecule has 0 unspecified atom stereocenters. The summed E-state index contributed by atoms with van der Waals surface area (Å²) in [4.78, 5) is 26.7. The number of rotatable bonds is 7. The maximum atomic E-state index is 12.5. The molecule has 0 atom stereocenters. The first kappa shape index (κ1) is 21.1. The summed E-state index contributed by atoms with van der Waals surface area (Å²) in [5.41, 5.74) is 4.81. The number of aromatic amines is 1. The molecule has 2 N–H and O–H groups in total. The fourth-order valence-corrected chi connectivity index (χ4v) is 3.78. The molecule has 0 radical (unpaired) electrons. The van der Waals surface area contributed by atoms with Crippen LogP contribution in [0.25, 0.3) is 0 Å². The second-order valence-corrected chi connectivity index (χ2v) is 8.03. The predicted octanol–water partition coefficient (Wildman–Crippen LogP) is 2.16. The summed E-state index contributed by atoms with van der Waals surface area (Å²) in [5.74, 6) is 1.28. The number of aromatic nitrogens is 3. The third kappa shape index (κ3) is 5.25. The molecule has 2 aromatic rings. The molecule has 29 heavy (non-hydrogen) atoms. The zero-order valence-corrected chi connectivity index (χ0v) is 17.8. The highest BCUT2D eigenvalue weighted by Gasteiger charge is 2.23.